The first-order chi connectivity index (χ1) is 9.61. The van der Waals surface area contributed by atoms with E-state index in [0.29, 0.717) is 17.9 Å². The van der Waals surface area contributed by atoms with Gasteiger partial charge < -0.3 is 10.6 Å². The Morgan fingerprint density at radius 1 is 1.32 bits per heavy atom. The Hall–Kier alpha value is -1.63. The van der Waals surface area contributed by atoms with Gasteiger partial charge in [-0.15, -0.1) is 24.8 Å². The van der Waals surface area contributed by atoms with Crippen molar-refractivity contribution in [1.82, 2.24) is 20.2 Å². The van der Waals surface area contributed by atoms with E-state index in [0.717, 1.165) is 0 Å². The number of carbonyl (C=O) groups excluding carboxylic acids is 1. The fourth-order valence-corrected chi connectivity index (χ4v) is 1.71. The third-order valence-electron chi connectivity index (χ3n) is 3.04. The number of amides is 1. The molecule has 1 aromatic heterocycles. The maximum absolute atomic E-state index is 12.9. The Bertz CT molecular complexity index is 589. The Morgan fingerprint density at radius 2 is 1.95 bits per heavy atom. The molecule has 2 rings (SSSR count). The molecule has 0 spiro atoms. The first-order valence-electron chi connectivity index (χ1n) is 6.35. The zero-order chi connectivity index (χ0) is 14.5. The third kappa shape index (κ3) is 4.98. The summed E-state index contributed by atoms with van der Waals surface area (Å²) in [6.07, 6.45) is 3.02. The monoisotopic (exact) mass is 348 g/mol. The molecule has 0 saturated carbocycles. The predicted molar refractivity (Wildman–Crippen MR) is 88.9 cm³/mol. The quantitative estimate of drug-likeness (QED) is 0.870. The highest BCUT2D eigenvalue weighted by Gasteiger charge is 2.13. The summed E-state index contributed by atoms with van der Waals surface area (Å²) in [6.45, 7) is 2.49. The van der Waals surface area contributed by atoms with Gasteiger partial charge in [-0.05, 0) is 38.2 Å². The van der Waals surface area contributed by atoms with Gasteiger partial charge in [0.25, 0.3) is 5.91 Å². The number of aromatic nitrogens is 2. The molecule has 0 radical (unpaired) electrons. The first-order valence-corrected chi connectivity index (χ1v) is 6.35. The van der Waals surface area contributed by atoms with Gasteiger partial charge in [0.1, 0.15) is 11.5 Å². The normalized spacial score (nSPS) is 11.0. The second-order valence-electron chi connectivity index (χ2n) is 4.53. The number of benzene rings is 1. The fraction of sp³-hybridized carbons (Fsp3) is 0.286. The molecule has 0 aliphatic carbocycles. The van der Waals surface area contributed by atoms with Crippen molar-refractivity contribution in [2.24, 2.45) is 0 Å². The second kappa shape index (κ2) is 9.40. The SMILES string of the molecule is CNC(C)CNC(=O)c1cncn1-c1ccc(F)cc1.Cl.Cl. The molecule has 1 unspecified atom stereocenters. The molecule has 1 heterocycles. The molecule has 1 aromatic carbocycles. The molecule has 1 atom stereocenters. The van der Waals surface area contributed by atoms with Gasteiger partial charge in [0, 0.05) is 18.3 Å². The van der Waals surface area contributed by atoms with Crippen LogP contribution in [0.2, 0.25) is 0 Å². The fourth-order valence-electron chi connectivity index (χ4n) is 1.71. The summed E-state index contributed by atoms with van der Waals surface area (Å²) in [7, 11) is 1.83. The average molecular weight is 349 g/mol. The molecule has 22 heavy (non-hydrogen) atoms. The highest BCUT2D eigenvalue weighted by Crippen LogP contribution is 2.12. The summed E-state index contributed by atoms with van der Waals surface area (Å²) in [5, 5.41) is 5.86. The van der Waals surface area contributed by atoms with E-state index in [9.17, 15) is 9.18 Å². The maximum Gasteiger partial charge on any atom is 0.269 e. The minimum atomic E-state index is -0.317. The number of likely N-dealkylation sites (N-methyl/N-ethyl adjacent to an activating group) is 1. The van der Waals surface area contributed by atoms with Gasteiger partial charge in [0.2, 0.25) is 0 Å². The van der Waals surface area contributed by atoms with Crippen molar-refractivity contribution in [3.05, 3.63) is 48.3 Å². The van der Waals surface area contributed by atoms with E-state index >= 15 is 0 Å². The number of nitrogens with zero attached hydrogens (tertiary/aromatic N) is 2. The standard InChI is InChI=1S/C14H17FN4O.2ClH/c1-10(16-2)7-18-14(20)13-8-17-9-19(13)12-5-3-11(15)4-6-12;;/h3-6,8-10,16H,7H2,1-2H3,(H,18,20);2*1H. The molecule has 8 heteroatoms. The molecule has 0 bridgehead atoms. The van der Waals surface area contributed by atoms with Gasteiger partial charge >= 0.3 is 0 Å². The number of hydrogen-bond acceptors (Lipinski definition) is 3. The lowest BCUT2D eigenvalue weighted by molar-refractivity contribution is 0.0943. The summed E-state index contributed by atoms with van der Waals surface area (Å²) in [4.78, 5) is 16.1. The van der Waals surface area contributed by atoms with E-state index in [1.54, 1.807) is 16.7 Å². The van der Waals surface area contributed by atoms with Crippen LogP contribution >= 0.6 is 24.8 Å². The van der Waals surface area contributed by atoms with Crippen molar-refractivity contribution in [3.63, 3.8) is 0 Å². The minimum Gasteiger partial charge on any atom is -0.349 e. The van der Waals surface area contributed by atoms with Crippen molar-refractivity contribution in [2.45, 2.75) is 13.0 Å². The minimum absolute atomic E-state index is 0. The van der Waals surface area contributed by atoms with Crippen LogP contribution in [0.3, 0.4) is 0 Å². The van der Waals surface area contributed by atoms with E-state index in [2.05, 4.69) is 15.6 Å². The van der Waals surface area contributed by atoms with Gasteiger partial charge in [0.05, 0.1) is 12.5 Å². The molecule has 2 N–H and O–H groups in total. The molecular weight excluding hydrogens is 330 g/mol. The molecule has 0 saturated heterocycles. The van der Waals surface area contributed by atoms with Gasteiger partial charge in [-0.25, -0.2) is 9.37 Å². The van der Waals surface area contributed by atoms with Crippen molar-refractivity contribution in [3.8, 4) is 5.69 Å². The van der Waals surface area contributed by atoms with Crippen molar-refractivity contribution in [2.75, 3.05) is 13.6 Å². The topological polar surface area (TPSA) is 58.9 Å². The van der Waals surface area contributed by atoms with Gasteiger partial charge in [-0.2, -0.15) is 0 Å². The van der Waals surface area contributed by atoms with Crippen LogP contribution < -0.4 is 10.6 Å². The maximum atomic E-state index is 12.9. The summed E-state index contributed by atoms with van der Waals surface area (Å²) in [5.74, 6) is -0.531. The lowest BCUT2D eigenvalue weighted by Crippen LogP contribution is -2.37. The number of hydrogen-bond donors (Lipinski definition) is 2. The smallest absolute Gasteiger partial charge is 0.269 e. The van der Waals surface area contributed by atoms with E-state index in [4.69, 9.17) is 0 Å². The molecule has 1 amide bonds. The number of rotatable bonds is 5. The van der Waals surface area contributed by atoms with Crippen LogP contribution in [0.5, 0.6) is 0 Å². The van der Waals surface area contributed by atoms with E-state index in [1.807, 2.05) is 14.0 Å². The van der Waals surface area contributed by atoms with Crippen LogP contribution in [-0.4, -0.2) is 35.1 Å². The Balaban J connectivity index is 0.00000220. The van der Waals surface area contributed by atoms with Crippen LogP contribution in [0, 0.1) is 5.82 Å². The Morgan fingerprint density at radius 3 is 2.55 bits per heavy atom. The van der Waals surface area contributed by atoms with E-state index < -0.39 is 0 Å². The molecular formula is C14H19Cl2FN4O. The summed E-state index contributed by atoms with van der Waals surface area (Å²) < 4.78 is 14.5. The number of imidazole rings is 1. The molecule has 2 aromatic rings. The molecule has 122 valence electrons. The highest BCUT2D eigenvalue weighted by molar-refractivity contribution is 5.93. The van der Waals surface area contributed by atoms with Crippen molar-refractivity contribution < 1.29 is 9.18 Å². The van der Waals surface area contributed by atoms with Crippen LogP contribution in [0.1, 0.15) is 17.4 Å². The van der Waals surface area contributed by atoms with Crippen LogP contribution in [0.4, 0.5) is 4.39 Å². The van der Waals surface area contributed by atoms with Crippen LogP contribution in [-0.2, 0) is 0 Å². The lowest BCUT2D eigenvalue weighted by Gasteiger charge is -2.12. The van der Waals surface area contributed by atoms with E-state index in [-0.39, 0.29) is 42.6 Å². The van der Waals surface area contributed by atoms with Crippen molar-refractivity contribution in [1.29, 1.82) is 0 Å². The summed E-state index contributed by atoms with van der Waals surface area (Å²) >= 11 is 0. The number of halogens is 3. The van der Waals surface area contributed by atoms with Gasteiger partial charge in [-0.3, -0.25) is 9.36 Å². The Kier molecular flexibility index (Phi) is 8.70. The average Bonchev–Trinajstić information content (AvgIpc) is 2.94. The Labute approximate surface area is 141 Å². The van der Waals surface area contributed by atoms with Crippen LogP contribution in [0.15, 0.2) is 36.8 Å². The lowest BCUT2D eigenvalue weighted by atomic mass is 10.3. The summed E-state index contributed by atoms with van der Waals surface area (Å²) in [6, 6.07) is 6.08. The zero-order valence-corrected chi connectivity index (χ0v) is 13.9. The number of nitrogens with one attached hydrogen (secondary N) is 2. The zero-order valence-electron chi connectivity index (χ0n) is 12.2. The molecule has 0 aliphatic rings. The van der Waals surface area contributed by atoms with Gasteiger partial charge in [-0.1, -0.05) is 0 Å². The molecule has 0 fully saturated rings. The molecule has 0 aliphatic heterocycles. The summed E-state index contributed by atoms with van der Waals surface area (Å²) in [5.41, 5.74) is 1.11. The van der Waals surface area contributed by atoms with Crippen molar-refractivity contribution >= 4 is 30.7 Å². The molecule has 5 nitrogen and oxygen atoms in total. The number of carbonyl (C=O) groups is 1. The third-order valence-corrected chi connectivity index (χ3v) is 3.04. The van der Waals surface area contributed by atoms with E-state index in [1.165, 1.54) is 24.7 Å². The first kappa shape index (κ1) is 20.4. The highest BCUT2D eigenvalue weighted by atomic mass is 35.5. The predicted octanol–water partition coefficient (Wildman–Crippen LogP) is 2.19. The largest absolute Gasteiger partial charge is 0.349 e. The van der Waals surface area contributed by atoms with Gasteiger partial charge in [0.15, 0.2) is 0 Å². The second-order valence-corrected chi connectivity index (χ2v) is 4.53. The van der Waals surface area contributed by atoms with Crippen LogP contribution in [0.25, 0.3) is 5.69 Å².